The van der Waals surface area contributed by atoms with Gasteiger partial charge in [-0.15, -0.1) is 0 Å². The average molecular weight is 397 g/mol. The van der Waals surface area contributed by atoms with E-state index in [2.05, 4.69) is 20.3 Å². The molecule has 152 valence electrons. The van der Waals surface area contributed by atoms with E-state index in [-0.39, 0.29) is 5.91 Å². The van der Waals surface area contributed by atoms with Crippen molar-refractivity contribution in [1.29, 1.82) is 0 Å². The fraction of sp³-hybridized carbons (Fsp3) is 0.450. The summed E-state index contributed by atoms with van der Waals surface area (Å²) in [7, 11) is 1.66. The summed E-state index contributed by atoms with van der Waals surface area (Å²) in [5, 5.41) is 8.14. The molecule has 1 atom stereocenters. The van der Waals surface area contributed by atoms with Gasteiger partial charge in [-0.05, 0) is 38.3 Å². The fourth-order valence-corrected chi connectivity index (χ4v) is 3.78. The van der Waals surface area contributed by atoms with E-state index in [1.165, 1.54) is 0 Å². The van der Waals surface area contributed by atoms with Gasteiger partial charge in [0, 0.05) is 45.3 Å². The molecule has 4 rings (SSSR count). The summed E-state index contributed by atoms with van der Waals surface area (Å²) in [5.74, 6) is 1.46. The molecule has 3 aromatic heterocycles. The molecular formula is C20H23N5O4. The van der Waals surface area contributed by atoms with Gasteiger partial charge >= 0.3 is 0 Å². The summed E-state index contributed by atoms with van der Waals surface area (Å²) in [6.07, 6.45) is 5.71. The van der Waals surface area contributed by atoms with Gasteiger partial charge in [0.25, 0.3) is 11.8 Å². The number of methoxy groups -OCH3 is 1. The molecule has 0 radical (unpaired) electrons. The molecule has 0 saturated carbocycles. The van der Waals surface area contributed by atoms with E-state index in [1.807, 2.05) is 12.1 Å². The molecule has 4 heterocycles. The molecule has 0 spiro atoms. The second-order valence-corrected chi connectivity index (χ2v) is 7.34. The molecule has 1 unspecified atom stereocenters. The molecule has 29 heavy (non-hydrogen) atoms. The Kier molecular flexibility index (Phi) is 5.39. The molecule has 1 aliphatic rings. The van der Waals surface area contributed by atoms with Crippen molar-refractivity contribution in [2.24, 2.45) is 0 Å². The minimum atomic E-state index is -0.452. The molecule has 0 bridgehead atoms. The Labute approximate surface area is 168 Å². The summed E-state index contributed by atoms with van der Waals surface area (Å²) in [5.41, 5.74) is 0.622. The first-order chi connectivity index (χ1) is 14.1. The molecule has 0 N–H and O–H groups in total. The molecule has 1 saturated heterocycles. The predicted octanol–water partition coefficient (Wildman–Crippen LogP) is 2.64. The SMILES string of the molecule is COCCC1(c2noc(-c3cccnc3)n2)CCCN(C(=O)c2cc(C)on2)C1. The number of nitrogens with zero attached hydrogens (tertiary/aromatic N) is 5. The van der Waals surface area contributed by atoms with Gasteiger partial charge in [-0.3, -0.25) is 9.78 Å². The Bertz CT molecular complexity index is 970. The maximum atomic E-state index is 12.9. The van der Waals surface area contributed by atoms with Crippen molar-refractivity contribution in [3.8, 4) is 11.5 Å². The summed E-state index contributed by atoms with van der Waals surface area (Å²) >= 11 is 0. The highest BCUT2D eigenvalue weighted by Gasteiger charge is 2.42. The van der Waals surface area contributed by atoms with Gasteiger partial charge in [0.15, 0.2) is 11.5 Å². The first-order valence-corrected chi connectivity index (χ1v) is 9.57. The van der Waals surface area contributed by atoms with Crippen LogP contribution in [0.1, 0.15) is 41.3 Å². The zero-order valence-corrected chi connectivity index (χ0v) is 16.5. The van der Waals surface area contributed by atoms with Crippen molar-refractivity contribution in [1.82, 2.24) is 25.2 Å². The van der Waals surface area contributed by atoms with E-state index < -0.39 is 5.41 Å². The first-order valence-electron chi connectivity index (χ1n) is 9.57. The quantitative estimate of drug-likeness (QED) is 0.625. The van der Waals surface area contributed by atoms with Gasteiger partial charge in [-0.1, -0.05) is 10.3 Å². The number of amides is 1. The summed E-state index contributed by atoms with van der Waals surface area (Å²) in [6, 6.07) is 5.35. The van der Waals surface area contributed by atoms with Gasteiger partial charge in [-0.2, -0.15) is 4.98 Å². The van der Waals surface area contributed by atoms with Crippen LogP contribution in [0.3, 0.4) is 0 Å². The van der Waals surface area contributed by atoms with Crippen LogP contribution in [0.4, 0.5) is 0 Å². The van der Waals surface area contributed by atoms with Crippen LogP contribution in [0.2, 0.25) is 0 Å². The lowest BCUT2D eigenvalue weighted by Crippen LogP contribution is -2.49. The maximum Gasteiger partial charge on any atom is 0.276 e. The van der Waals surface area contributed by atoms with Gasteiger partial charge in [0.05, 0.1) is 11.0 Å². The number of ether oxygens (including phenoxy) is 1. The van der Waals surface area contributed by atoms with Gasteiger partial charge in [0.1, 0.15) is 5.76 Å². The molecular weight excluding hydrogens is 374 g/mol. The molecule has 3 aromatic rings. The number of aryl methyl sites for hydroxylation is 1. The number of hydrogen-bond acceptors (Lipinski definition) is 8. The van der Waals surface area contributed by atoms with E-state index in [0.29, 0.717) is 49.3 Å². The summed E-state index contributed by atoms with van der Waals surface area (Å²) in [4.78, 5) is 23.5. The maximum absolute atomic E-state index is 12.9. The Morgan fingerprint density at radius 3 is 2.97 bits per heavy atom. The number of pyridine rings is 1. The highest BCUT2D eigenvalue weighted by Crippen LogP contribution is 2.37. The predicted molar refractivity (Wildman–Crippen MR) is 102 cm³/mol. The number of hydrogen-bond donors (Lipinski definition) is 0. The van der Waals surface area contributed by atoms with Gasteiger partial charge < -0.3 is 18.7 Å². The molecule has 0 aromatic carbocycles. The zero-order valence-electron chi connectivity index (χ0n) is 16.5. The normalized spacial score (nSPS) is 19.4. The van der Waals surface area contributed by atoms with E-state index in [0.717, 1.165) is 18.4 Å². The van der Waals surface area contributed by atoms with Crippen LogP contribution in [-0.4, -0.2) is 57.9 Å². The van der Waals surface area contributed by atoms with Gasteiger partial charge in [0.2, 0.25) is 0 Å². The Hall–Kier alpha value is -3.07. The lowest BCUT2D eigenvalue weighted by molar-refractivity contribution is 0.0557. The first kappa shape index (κ1) is 19.3. The average Bonchev–Trinajstić information content (AvgIpc) is 3.42. The fourth-order valence-electron chi connectivity index (χ4n) is 3.78. The van der Waals surface area contributed by atoms with Crippen molar-refractivity contribution in [3.05, 3.63) is 47.9 Å². The highest BCUT2D eigenvalue weighted by molar-refractivity contribution is 5.92. The molecule has 9 nitrogen and oxygen atoms in total. The lowest BCUT2D eigenvalue weighted by Gasteiger charge is -2.40. The Morgan fingerprint density at radius 1 is 1.34 bits per heavy atom. The topological polar surface area (TPSA) is 107 Å². The van der Waals surface area contributed by atoms with E-state index >= 15 is 0 Å². The molecule has 1 amide bonds. The second kappa shape index (κ2) is 8.12. The van der Waals surface area contributed by atoms with E-state index in [1.54, 1.807) is 37.4 Å². The van der Waals surface area contributed by atoms with Crippen molar-refractivity contribution in [2.45, 2.75) is 31.6 Å². The van der Waals surface area contributed by atoms with Crippen molar-refractivity contribution < 1.29 is 18.6 Å². The van der Waals surface area contributed by atoms with E-state index in [9.17, 15) is 4.79 Å². The summed E-state index contributed by atoms with van der Waals surface area (Å²) < 4.78 is 15.9. The minimum Gasteiger partial charge on any atom is -0.385 e. The third kappa shape index (κ3) is 3.91. The van der Waals surface area contributed by atoms with Gasteiger partial charge in [-0.25, -0.2) is 0 Å². The van der Waals surface area contributed by atoms with Crippen LogP contribution in [0, 0.1) is 6.92 Å². The largest absolute Gasteiger partial charge is 0.385 e. The van der Waals surface area contributed by atoms with Crippen LogP contribution in [0.15, 0.2) is 39.6 Å². The summed E-state index contributed by atoms with van der Waals surface area (Å²) in [6.45, 7) is 3.41. The second-order valence-electron chi connectivity index (χ2n) is 7.34. The smallest absolute Gasteiger partial charge is 0.276 e. The van der Waals surface area contributed by atoms with Crippen molar-refractivity contribution in [3.63, 3.8) is 0 Å². The van der Waals surface area contributed by atoms with Crippen LogP contribution >= 0.6 is 0 Å². The Balaban J connectivity index is 1.62. The minimum absolute atomic E-state index is 0.153. The van der Waals surface area contributed by atoms with E-state index in [4.69, 9.17) is 13.8 Å². The number of carbonyl (C=O) groups is 1. The van der Waals surface area contributed by atoms with Crippen LogP contribution in [0.25, 0.3) is 11.5 Å². The molecule has 9 heteroatoms. The van der Waals surface area contributed by atoms with Crippen molar-refractivity contribution >= 4 is 5.91 Å². The molecule has 0 aliphatic carbocycles. The van der Waals surface area contributed by atoms with Crippen LogP contribution < -0.4 is 0 Å². The van der Waals surface area contributed by atoms with Crippen LogP contribution in [0.5, 0.6) is 0 Å². The zero-order chi connectivity index (χ0) is 20.3. The van der Waals surface area contributed by atoms with Crippen molar-refractivity contribution in [2.75, 3.05) is 26.8 Å². The number of rotatable bonds is 6. The highest BCUT2D eigenvalue weighted by atomic mass is 16.5. The number of likely N-dealkylation sites (tertiary alicyclic amines) is 1. The Morgan fingerprint density at radius 2 is 2.24 bits per heavy atom. The molecule has 1 aliphatic heterocycles. The third-order valence-corrected chi connectivity index (χ3v) is 5.30. The standard InChI is InChI=1S/C20H23N5O4/c1-14-11-16(23-28-14)18(26)25-9-4-6-20(13-25,7-10-27-2)19-22-17(29-24-19)15-5-3-8-21-12-15/h3,5,8,11-12H,4,6-7,9-10,13H2,1-2H3. The number of piperidine rings is 1. The third-order valence-electron chi connectivity index (χ3n) is 5.30. The molecule has 1 fully saturated rings. The number of carbonyl (C=O) groups excluding carboxylic acids is 1. The monoisotopic (exact) mass is 397 g/mol. The van der Waals surface area contributed by atoms with Crippen LogP contribution in [-0.2, 0) is 10.2 Å². The number of aromatic nitrogens is 4. The lowest BCUT2D eigenvalue weighted by atomic mass is 9.76.